The van der Waals surface area contributed by atoms with Gasteiger partial charge in [0.1, 0.15) is 17.1 Å². The summed E-state index contributed by atoms with van der Waals surface area (Å²) in [5, 5.41) is 0. The number of esters is 1. The topological polar surface area (TPSA) is 61.8 Å². The molecule has 5 heteroatoms. The van der Waals surface area contributed by atoms with Gasteiger partial charge in [-0.1, -0.05) is 0 Å². The van der Waals surface area contributed by atoms with E-state index >= 15 is 0 Å². The maximum absolute atomic E-state index is 11.7. The molecular formula is C12H14O5. The van der Waals surface area contributed by atoms with Gasteiger partial charge in [0.05, 0.1) is 26.9 Å². The summed E-state index contributed by atoms with van der Waals surface area (Å²) in [5.41, 5.74) is 1.10. The summed E-state index contributed by atoms with van der Waals surface area (Å²) in [6, 6.07) is 1.60. The smallest absolute Gasteiger partial charge is 0.345 e. The van der Waals surface area contributed by atoms with Crippen LogP contribution in [0.3, 0.4) is 0 Å². The van der Waals surface area contributed by atoms with Gasteiger partial charge >= 0.3 is 5.97 Å². The zero-order valence-corrected chi connectivity index (χ0v) is 10.2. The lowest BCUT2D eigenvalue weighted by Gasteiger charge is -2.15. The van der Waals surface area contributed by atoms with E-state index in [1.54, 1.807) is 13.0 Å². The van der Waals surface area contributed by atoms with E-state index in [1.165, 1.54) is 21.3 Å². The average molecular weight is 238 g/mol. The molecule has 0 saturated carbocycles. The van der Waals surface area contributed by atoms with Crippen LogP contribution in [0.25, 0.3) is 0 Å². The highest BCUT2D eigenvalue weighted by atomic mass is 16.5. The summed E-state index contributed by atoms with van der Waals surface area (Å²) in [6.45, 7) is 1.73. The number of carbonyl (C=O) groups is 2. The van der Waals surface area contributed by atoms with Crippen molar-refractivity contribution in [2.75, 3.05) is 21.3 Å². The Morgan fingerprint density at radius 2 is 1.88 bits per heavy atom. The fraction of sp³-hybridized carbons (Fsp3) is 0.333. The third-order valence-corrected chi connectivity index (χ3v) is 2.42. The zero-order valence-electron chi connectivity index (χ0n) is 10.2. The Morgan fingerprint density at radius 3 is 2.29 bits per heavy atom. The van der Waals surface area contributed by atoms with Crippen LogP contribution in [0.15, 0.2) is 6.07 Å². The van der Waals surface area contributed by atoms with E-state index in [4.69, 9.17) is 9.47 Å². The molecular weight excluding hydrogens is 224 g/mol. The summed E-state index contributed by atoms with van der Waals surface area (Å²) in [4.78, 5) is 22.7. The van der Waals surface area contributed by atoms with Crippen LogP contribution in [0, 0.1) is 6.92 Å². The largest absolute Gasteiger partial charge is 0.496 e. The molecule has 0 bridgehead atoms. The zero-order chi connectivity index (χ0) is 13.0. The maximum Gasteiger partial charge on any atom is 0.345 e. The van der Waals surface area contributed by atoms with Gasteiger partial charge in [-0.05, 0) is 18.6 Å². The standard InChI is InChI=1S/C12H14O5/c1-7-5-9(15-2)10(12(14)17-4)11(16-3)8(7)6-13/h5-6H,1-4H3. The van der Waals surface area contributed by atoms with Gasteiger partial charge in [-0.15, -0.1) is 0 Å². The molecule has 1 aromatic rings. The monoisotopic (exact) mass is 238 g/mol. The molecule has 92 valence electrons. The second-order valence-corrected chi connectivity index (χ2v) is 3.33. The van der Waals surface area contributed by atoms with Crippen LogP contribution in [0.1, 0.15) is 26.3 Å². The number of rotatable bonds is 4. The van der Waals surface area contributed by atoms with E-state index in [0.29, 0.717) is 23.2 Å². The summed E-state index contributed by atoms with van der Waals surface area (Å²) in [7, 11) is 4.07. The minimum Gasteiger partial charge on any atom is -0.496 e. The lowest BCUT2D eigenvalue weighted by molar-refractivity contribution is 0.0593. The minimum atomic E-state index is -0.609. The Balaban J connectivity index is 3.62. The maximum atomic E-state index is 11.7. The fourth-order valence-corrected chi connectivity index (χ4v) is 1.59. The number of methoxy groups -OCH3 is 3. The highest BCUT2D eigenvalue weighted by molar-refractivity contribution is 5.99. The van der Waals surface area contributed by atoms with E-state index in [0.717, 1.165) is 0 Å². The van der Waals surface area contributed by atoms with Crippen molar-refractivity contribution in [1.82, 2.24) is 0 Å². The highest BCUT2D eigenvalue weighted by Crippen LogP contribution is 2.34. The molecule has 0 heterocycles. The molecule has 0 fully saturated rings. The van der Waals surface area contributed by atoms with Crippen molar-refractivity contribution in [2.45, 2.75) is 6.92 Å². The first-order valence-electron chi connectivity index (χ1n) is 4.89. The summed E-state index contributed by atoms with van der Waals surface area (Å²) in [5.74, 6) is -0.123. The van der Waals surface area contributed by atoms with Gasteiger partial charge in [-0.2, -0.15) is 0 Å². The molecule has 0 aliphatic carbocycles. The molecule has 0 atom stereocenters. The van der Waals surface area contributed by atoms with E-state index in [-0.39, 0.29) is 11.3 Å². The van der Waals surface area contributed by atoms with Crippen LogP contribution in [0.4, 0.5) is 0 Å². The highest BCUT2D eigenvalue weighted by Gasteiger charge is 2.23. The van der Waals surface area contributed by atoms with Crippen molar-refractivity contribution in [3.63, 3.8) is 0 Å². The average Bonchev–Trinajstić information content (AvgIpc) is 2.36. The number of carbonyl (C=O) groups excluding carboxylic acids is 2. The third-order valence-electron chi connectivity index (χ3n) is 2.42. The lowest BCUT2D eigenvalue weighted by Crippen LogP contribution is -2.09. The number of hydrogen-bond acceptors (Lipinski definition) is 5. The normalized spacial score (nSPS) is 9.65. The van der Waals surface area contributed by atoms with Gasteiger partial charge in [0.2, 0.25) is 0 Å². The SMILES string of the molecule is COC(=O)c1c(OC)cc(C)c(C=O)c1OC. The van der Waals surface area contributed by atoms with Crippen molar-refractivity contribution in [1.29, 1.82) is 0 Å². The molecule has 0 amide bonds. The second-order valence-electron chi connectivity index (χ2n) is 3.33. The van der Waals surface area contributed by atoms with Gasteiger partial charge in [0.15, 0.2) is 6.29 Å². The molecule has 0 saturated heterocycles. The summed E-state index contributed by atoms with van der Waals surface area (Å²) >= 11 is 0. The number of aryl methyl sites for hydroxylation is 1. The van der Waals surface area contributed by atoms with E-state index in [2.05, 4.69) is 4.74 Å². The number of ether oxygens (including phenoxy) is 3. The fourth-order valence-electron chi connectivity index (χ4n) is 1.59. The Hall–Kier alpha value is -2.04. The van der Waals surface area contributed by atoms with Crippen molar-refractivity contribution in [2.24, 2.45) is 0 Å². The lowest BCUT2D eigenvalue weighted by atomic mass is 10.0. The first-order valence-corrected chi connectivity index (χ1v) is 4.89. The van der Waals surface area contributed by atoms with Crippen LogP contribution in [-0.4, -0.2) is 33.6 Å². The predicted molar refractivity (Wildman–Crippen MR) is 61.0 cm³/mol. The van der Waals surface area contributed by atoms with E-state index in [9.17, 15) is 9.59 Å². The second kappa shape index (κ2) is 5.34. The van der Waals surface area contributed by atoms with E-state index < -0.39 is 5.97 Å². The van der Waals surface area contributed by atoms with Crippen LogP contribution in [-0.2, 0) is 4.74 Å². The Bertz CT molecular complexity index is 451. The van der Waals surface area contributed by atoms with Crippen molar-refractivity contribution >= 4 is 12.3 Å². The van der Waals surface area contributed by atoms with Crippen LogP contribution in [0.5, 0.6) is 11.5 Å². The van der Waals surface area contributed by atoms with Crippen molar-refractivity contribution < 1.29 is 23.8 Å². The molecule has 0 unspecified atom stereocenters. The Labute approximate surface area is 99.3 Å². The molecule has 17 heavy (non-hydrogen) atoms. The third kappa shape index (κ3) is 2.22. The predicted octanol–water partition coefficient (Wildman–Crippen LogP) is 1.61. The molecule has 0 aliphatic heterocycles. The Morgan fingerprint density at radius 1 is 1.24 bits per heavy atom. The molecule has 0 spiro atoms. The molecule has 0 aliphatic rings. The van der Waals surface area contributed by atoms with Crippen molar-refractivity contribution in [3.8, 4) is 11.5 Å². The van der Waals surface area contributed by atoms with E-state index in [1.807, 2.05) is 0 Å². The van der Waals surface area contributed by atoms with Gasteiger partial charge in [-0.25, -0.2) is 4.79 Å². The molecule has 0 N–H and O–H groups in total. The number of aldehydes is 1. The Kier molecular flexibility index (Phi) is 4.09. The minimum absolute atomic E-state index is 0.116. The summed E-state index contributed by atoms with van der Waals surface area (Å²) < 4.78 is 14.8. The molecule has 0 radical (unpaired) electrons. The molecule has 1 rings (SSSR count). The van der Waals surface area contributed by atoms with Gasteiger partial charge < -0.3 is 14.2 Å². The van der Waals surface area contributed by atoms with Gasteiger partial charge in [0, 0.05) is 0 Å². The van der Waals surface area contributed by atoms with Crippen LogP contribution >= 0.6 is 0 Å². The quantitative estimate of drug-likeness (QED) is 0.589. The van der Waals surface area contributed by atoms with Gasteiger partial charge in [-0.3, -0.25) is 4.79 Å². The van der Waals surface area contributed by atoms with Crippen LogP contribution < -0.4 is 9.47 Å². The first kappa shape index (κ1) is 13.0. The summed E-state index contributed by atoms with van der Waals surface area (Å²) in [6.07, 6.45) is 0.639. The van der Waals surface area contributed by atoms with Crippen LogP contribution in [0.2, 0.25) is 0 Å². The molecule has 5 nitrogen and oxygen atoms in total. The van der Waals surface area contributed by atoms with Crippen molar-refractivity contribution in [3.05, 3.63) is 22.8 Å². The van der Waals surface area contributed by atoms with Gasteiger partial charge in [0.25, 0.3) is 0 Å². The molecule has 0 aromatic heterocycles. The number of benzene rings is 1. The molecule has 1 aromatic carbocycles. The first-order chi connectivity index (χ1) is 8.10. The number of hydrogen-bond donors (Lipinski definition) is 0.